The SMILES string of the molecule is C=C1CCC[SH+]1.[Br-]. The lowest BCUT2D eigenvalue weighted by Gasteiger charge is -1.68. The van der Waals surface area contributed by atoms with E-state index in [1.54, 1.807) is 0 Å². The van der Waals surface area contributed by atoms with E-state index in [-0.39, 0.29) is 17.0 Å². The molecule has 1 saturated heterocycles. The van der Waals surface area contributed by atoms with Gasteiger partial charge in [-0.3, -0.25) is 0 Å². The molecule has 0 nitrogen and oxygen atoms in total. The number of hydrogen-bond acceptors (Lipinski definition) is 0. The Morgan fingerprint density at radius 3 is 2.43 bits per heavy atom. The largest absolute Gasteiger partial charge is 1.00 e. The summed E-state index contributed by atoms with van der Waals surface area (Å²) in [5.41, 5.74) is 0. The van der Waals surface area contributed by atoms with E-state index in [1.165, 1.54) is 35.3 Å². The van der Waals surface area contributed by atoms with Crippen molar-refractivity contribution in [3.63, 3.8) is 0 Å². The molecule has 0 aliphatic carbocycles. The van der Waals surface area contributed by atoms with E-state index in [2.05, 4.69) is 6.58 Å². The fraction of sp³-hybridized carbons (Fsp3) is 0.600. The van der Waals surface area contributed by atoms with Gasteiger partial charge in [-0.05, 0) is 6.58 Å². The second kappa shape index (κ2) is 3.56. The predicted molar refractivity (Wildman–Crippen MR) is 32.0 cm³/mol. The molecule has 0 unspecified atom stereocenters. The van der Waals surface area contributed by atoms with Gasteiger partial charge in [0.15, 0.2) is 0 Å². The Morgan fingerprint density at radius 1 is 1.57 bits per heavy atom. The van der Waals surface area contributed by atoms with Gasteiger partial charge in [0.1, 0.15) is 10.7 Å². The van der Waals surface area contributed by atoms with Crippen molar-refractivity contribution in [1.29, 1.82) is 0 Å². The van der Waals surface area contributed by atoms with Gasteiger partial charge in [-0.2, -0.15) is 0 Å². The Labute approximate surface area is 59.1 Å². The van der Waals surface area contributed by atoms with Crippen LogP contribution in [0.2, 0.25) is 0 Å². The lowest BCUT2D eigenvalue weighted by molar-refractivity contribution is -0.00000119. The Bertz CT molecular complexity index is 62.5. The molecule has 42 valence electrons. The molecular weight excluding hydrogens is 172 g/mol. The highest BCUT2D eigenvalue weighted by Crippen LogP contribution is 2.12. The molecule has 0 amide bonds. The zero-order valence-electron chi connectivity index (χ0n) is 4.15. The molecule has 1 fully saturated rings. The first-order valence-electron chi connectivity index (χ1n) is 2.25. The van der Waals surface area contributed by atoms with Gasteiger partial charge in [-0.25, -0.2) is 0 Å². The Balaban J connectivity index is 0.000000360. The van der Waals surface area contributed by atoms with Crippen molar-refractivity contribution in [2.75, 3.05) is 5.75 Å². The molecule has 1 aliphatic heterocycles. The van der Waals surface area contributed by atoms with Crippen molar-refractivity contribution in [1.82, 2.24) is 0 Å². The zero-order chi connectivity index (χ0) is 4.41. The van der Waals surface area contributed by atoms with Gasteiger partial charge in [-0.15, -0.1) is 0 Å². The predicted octanol–water partition coefficient (Wildman–Crippen LogP) is -1.89. The average Bonchev–Trinajstić information content (AvgIpc) is 1.86. The van der Waals surface area contributed by atoms with Crippen LogP contribution in [0.5, 0.6) is 0 Å². The Kier molecular flexibility index (Phi) is 3.85. The summed E-state index contributed by atoms with van der Waals surface area (Å²) in [5.74, 6) is 1.36. The van der Waals surface area contributed by atoms with Crippen LogP contribution in [0.3, 0.4) is 0 Å². The summed E-state index contributed by atoms with van der Waals surface area (Å²) >= 11 is 1.50. The quantitative estimate of drug-likeness (QED) is 0.303. The van der Waals surface area contributed by atoms with Crippen LogP contribution in [0, 0.1) is 0 Å². The third-order valence-electron chi connectivity index (χ3n) is 0.959. The number of thiol groups is 1. The van der Waals surface area contributed by atoms with Crippen molar-refractivity contribution in [2.45, 2.75) is 12.8 Å². The van der Waals surface area contributed by atoms with Crippen molar-refractivity contribution in [3.05, 3.63) is 11.5 Å². The first-order chi connectivity index (χ1) is 2.89. The van der Waals surface area contributed by atoms with Gasteiger partial charge < -0.3 is 17.0 Å². The van der Waals surface area contributed by atoms with E-state index >= 15 is 0 Å². The van der Waals surface area contributed by atoms with Crippen molar-refractivity contribution < 1.29 is 17.0 Å². The highest BCUT2D eigenvalue weighted by molar-refractivity contribution is 7.82. The summed E-state index contributed by atoms with van der Waals surface area (Å²) in [6, 6.07) is 0. The van der Waals surface area contributed by atoms with Gasteiger partial charge in [0, 0.05) is 24.6 Å². The lowest BCUT2D eigenvalue weighted by atomic mass is 10.3. The molecule has 0 N–H and O–H groups in total. The minimum Gasteiger partial charge on any atom is -1.00 e. The zero-order valence-corrected chi connectivity index (χ0v) is 6.63. The van der Waals surface area contributed by atoms with Crippen LogP contribution >= 0.6 is 0 Å². The van der Waals surface area contributed by atoms with E-state index in [4.69, 9.17) is 0 Å². The highest BCUT2D eigenvalue weighted by Gasteiger charge is 2.11. The second-order valence-corrected chi connectivity index (χ2v) is 2.95. The topological polar surface area (TPSA) is 0 Å². The fourth-order valence-corrected chi connectivity index (χ4v) is 1.55. The molecule has 0 aromatic rings. The molecule has 0 aromatic carbocycles. The monoisotopic (exact) mass is 180 g/mol. The van der Waals surface area contributed by atoms with Crippen LogP contribution in [0.25, 0.3) is 0 Å². The van der Waals surface area contributed by atoms with Crippen LogP contribution in [0.4, 0.5) is 0 Å². The van der Waals surface area contributed by atoms with E-state index in [1.807, 2.05) is 0 Å². The van der Waals surface area contributed by atoms with E-state index in [0.29, 0.717) is 0 Å². The number of halogens is 1. The number of rotatable bonds is 0. The van der Waals surface area contributed by atoms with E-state index in [0.717, 1.165) is 0 Å². The summed E-state index contributed by atoms with van der Waals surface area (Å²) in [5, 5.41) is 0. The van der Waals surface area contributed by atoms with Gasteiger partial charge in [0.25, 0.3) is 0 Å². The smallest absolute Gasteiger partial charge is 0.122 e. The molecule has 0 radical (unpaired) electrons. The molecule has 2 heteroatoms. The van der Waals surface area contributed by atoms with Crippen LogP contribution in [0.15, 0.2) is 11.5 Å². The molecule has 0 aromatic heterocycles. The summed E-state index contributed by atoms with van der Waals surface area (Å²) in [6.45, 7) is 3.84. The summed E-state index contributed by atoms with van der Waals surface area (Å²) in [6.07, 6.45) is 2.65. The number of hydrogen-bond donors (Lipinski definition) is 0. The molecule has 0 bridgehead atoms. The maximum Gasteiger partial charge on any atom is 0.122 e. The van der Waals surface area contributed by atoms with Gasteiger partial charge >= 0.3 is 0 Å². The molecule has 1 heterocycles. The number of allylic oxidation sites excluding steroid dienone is 1. The van der Waals surface area contributed by atoms with Crippen molar-refractivity contribution >= 4 is 11.8 Å². The first kappa shape index (κ1) is 7.57. The summed E-state index contributed by atoms with van der Waals surface area (Å²) < 4.78 is 0. The molecule has 1 rings (SSSR count). The second-order valence-electron chi connectivity index (χ2n) is 1.55. The minimum absolute atomic E-state index is 0. The van der Waals surface area contributed by atoms with E-state index in [9.17, 15) is 0 Å². The third kappa shape index (κ3) is 2.39. The summed E-state index contributed by atoms with van der Waals surface area (Å²) in [4.78, 5) is 1.43. The van der Waals surface area contributed by atoms with Crippen LogP contribution in [-0.2, 0) is 11.8 Å². The van der Waals surface area contributed by atoms with Gasteiger partial charge in [0.2, 0.25) is 0 Å². The van der Waals surface area contributed by atoms with Crippen molar-refractivity contribution in [3.8, 4) is 0 Å². The normalized spacial score (nSPS) is 19.1. The standard InChI is InChI=1S/C5H8S.BrH/c1-5-3-2-4-6-5;/h1-4H2;1H. The molecule has 1 aliphatic rings. The van der Waals surface area contributed by atoms with Crippen molar-refractivity contribution in [2.24, 2.45) is 0 Å². The fourth-order valence-electron chi connectivity index (χ4n) is 0.599. The Morgan fingerprint density at radius 2 is 2.29 bits per heavy atom. The van der Waals surface area contributed by atoms with Crippen LogP contribution in [0.1, 0.15) is 12.8 Å². The van der Waals surface area contributed by atoms with Gasteiger partial charge in [0.05, 0.1) is 0 Å². The minimum atomic E-state index is 0. The first-order valence-corrected chi connectivity index (χ1v) is 3.33. The Hall–Kier alpha value is 0.570. The van der Waals surface area contributed by atoms with E-state index < -0.39 is 0 Å². The molecule has 0 atom stereocenters. The molecular formula is C5H9BrS. The van der Waals surface area contributed by atoms with Gasteiger partial charge in [-0.1, -0.05) is 0 Å². The highest BCUT2D eigenvalue weighted by atomic mass is 79.9. The molecule has 0 saturated carbocycles. The average molecular weight is 181 g/mol. The molecule has 0 spiro atoms. The molecule has 7 heavy (non-hydrogen) atoms. The summed E-state index contributed by atoms with van der Waals surface area (Å²) in [7, 11) is 0. The maximum absolute atomic E-state index is 3.84. The third-order valence-corrected chi connectivity index (χ3v) is 2.17. The van der Waals surface area contributed by atoms with Crippen LogP contribution in [-0.4, -0.2) is 5.75 Å². The lowest BCUT2D eigenvalue weighted by Crippen LogP contribution is -3.00. The maximum atomic E-state index is 3.84. The van der Waals surface area contributed by atoms with Crippen LogP contribution < -0.4 is 17.0 Å².